The molecule has 0 fully saturated rings. The van der Waals surface area contributed by atoms with Gasteiger partial charge in [0.1, 0.15) is 5.60 Å². The van der Waals surface area contributed by atoms with E-state index in [0.29, 0.717) is 0 Å². The van der Waals surface area contributed by atoms with Gasteiger partial charge in [0.15, 0.2) is 0 Å². The van der Waals surface area contributed by atoms with Gasteiger partial charge < -0.3 is 10.1 Å². The van der Waals surface area contributed by atoms with Crippen molar-refractivity contribution >= 4 is 22.0 Å². The number of nitrogens with one attached hydrogen (secondary N) is 1. The van der Waals surface area contributed by atoms with Gasteiger partial charge in [0.05, 0.1) is 0 Å². The fourth-order valence-electron chi connectivity index (χ4n) is 0.880. The Kier molecular flexibility index (Phi) is 5.19. The Morgan fingerprint density at radius 3 is 2.36 bits per heavy atom. The second-order valence-electron chi connectivity index (χ2n) is 4.19. The molecule has 0 spiro atoms. The molecule has 4 heteroatoms. The molecule has 0 aliphatic rings. The number of halogens is 1. The average Bonchev–Trinajstić information content (AvgIpc) is 1.77. The molecule has 0 aliphatic carbocycles. The van der Waals surface area contributed by atoms with Crippen LogP contribution < -0.4 is 5.32 Å². The van der Waals surface area contributed by atoms with Gasteiger partial charge in [-0.2, -0.15) is 0 Å². The van der Waals surface area contributed by atoms with E-state index in [1.807, 2.05) is 40.7 Å². The zero-order valence-corrected chi connectivity index (χ0v) is 10.9. The number of allylic oxidation sites excluding steroid dienone is 1. The van der Waals surface area contributed by atoms with Gasteiger partial charge in [-0.3, -0.25) is 0 Å². The summed E-state index contributed by atoms with van der Waals surface area (Å²) in [5, 5.41) is 2.70. The molecule has 1 amide bonds. The number of hydrogen-bond donors (Lipinski definition) is 1. The molecule has 82 valence electrons. The second kappa shape index (κ2) is 5.39. The van der Waals surface area contributed by atoms with Crippen LogP contribution in [-0.4, -0.2) is 17.7 Å². The standard InChI is InChI=1S/C10H18BrNO2/c1-7(11)6-8(2)12-9(13)14-10(3,4)5/h6,8H,1-5H3,(H,12,13)/b7-6-/t8-/m0/s1. The Bertz CT molecular complexity index is 227. The van der Waals surface area contributed by atoms with E-state index in [1.54, 1.807) is 0 Å². The molecule has 0 radical (unpaired) electrons. The van der Waals surface area contributed by atoms with E-state index >= 15 is 0 Å². The van der Waals surface area contributed by atoms with Crippen LogP contribution in [0.2, 0.25) is 0 Å². The van der Waals surface area contributed by atoms with Gasteiger partial charge in [0.25, 0.3) is 0 Å². The monoisotopic (exact) mass is 263 g/mol. The van der Waals surface area contributed by atoms with Gasteiger partial charge in [-0.25, -0.2) is 4.79 Å². The van der Waals surface area contributed by atoms with Crippen LogP contribution in [0.25, 0.3) is 0 Å². The normalized spacial score (nSPS) is 14.9. The maximum Gasteiger partial charge on any atom is 0.408 e. The van der Waals surface area contributed by atoms with Crippen molar-refractivity contribution in [3.8, 4) is 0 Å². The maximum atomic E-state index is 11.3. The van der Waals surface area contributed by atoms with Gasteiger partial charge in [-0.15, -0.1) is 0 Å². The summed E-state index contributed by atoms with van der Waals surface area (Å²) in [6, 6.07) is -0.0378. The first-order valence-electron chi connectivity index (χ1n) is 4.54. The van der Waals surface area contributed by atoms with E-state index in [-0.39, 0.29) is 6.04 Å². The summed E-state index contributed by atoms with van der Waals surface area (Å²) in [6.45, 7) is 9.30. The van der Waals surface area contributed by atoms with Crippen LogP contribution in [0.15, 0.2) is 10.6 Å². The number of alkyl carbamates (subject to hydrolysis) is 1. The number of carbonyl (C=O) groups is 1. The Morgan fingerprint density at radius 2 is 2.00 bits per heavy atom. The fourth-order valence-corrected chi connectivity index (χ4v) is 1.28. The smallest absolute Gasteiger partial charge is 0.408 e. The molecule has 14 heavy (non-hydrogen) atoms. The highest BCUT2D eigenvalue weighted by Gasteiger charge is 2.16. The van der Waals surface area contributed by atoms with Crippen molar-refractivity contribution in [2.45, 2.75) is 46.3 Å². The minimum Gasteiger partial charge on any atom is -0.444 e. The van der Waals surface area contributed by atoms with Crippen molar-refractivity contribution in [2.75, 3.05) is 0 Å². The molecule has 0 saturated heterocycles. The van der Waals surface area contributed by atoms with Crippen molar-refractivity contribution in [3.63, 3.8) is 0 Å². The quantitative estimate of drug-likeness (QED) is 0.831. The highest BCUT2D eigenvalue weighted by Crippen LogP contribution is 2.08. The predicted octanol–water partition coefficient (Wildman–Crippen LogP) is 3.20. The third-order valence-electron chi connectivity index (χ3n) is 1.22. The molecular weight excluding hydrogens is 246 g/mol. The molecule has 0 aromatic rings. The molecule has 0 rings (SSSR count). The van der Waals surface area contributed by atoms with Crippen LogP contribution in [0.4, 0.5) is 4.79 Å². The maximum absolute atomic E-state index is 11.3. The van der Waals surface area contributed by atoms with Crippen molar-refractivity contribution in [1.82, 2.24) is 5.32 Å². The van der Waals surface area contributed by atoms with Gasteiger partial charge in [-0.05, 0) is 39.1 Å². The van der Waals surface area contributed by atoms with Gasteiger partial charge >= 0.3 is 6.09 Å². The van der Waals surface area contributed by atoms with Crippen molar-refractivity contribution in [2.24, 2.45) is 0 Å². The largest absolute Gasteiger partial charge is 0.444 e. The number of carbonyl (C=O) groups excluding carboxylic acids is 1. The summed E-state index contributed by atoms with van der Waals surface area (Å²) in [6.07, 6.45) is 1.50. The first-order chi connectivity index (χ1) is 6.20. The molecule has 0 saturated carbocycles. The lowest BCUT2D eigenvalue weighted by atomic mass is 10.2. The van der Waals surface area contributed by atoms with Crippen LogP contribution in [0.1, 0.15) is 34.6 Å². The molecule has 0 bridgehead atoms. The Morgan fingerprint density at radius 1 is 1.50 bits per heavy atom. The fraction of sp³-hybridized carbons (Fsp3) is 0.700. The van der Waals surface area contributed by atoms with Gasteiger partial charge in [0, 0.05) is 6.04 Å². The zero-order valence-electron chi connectivity index (χ0n) is 9.35. The second-order valence-corrected chi connectivity index (χ2v) is 5.44. The predicted molar refractivity (Wildman–Crippen MR) is 61.5 cm³/mol. The highest BCUT2D eigenvalue weighted by atomic mass is 79.9. The molecule has 1 atom stereocenters. The van der Waals surface area contributed by atoms with E-state index in [9.17, 15) is 4.79 Å². The first-order valence-corrected chi connectivity index (χ1v) is 5.33. The number of amides is 1. The molecule has 0 aromatic heterocycles. The van der Waals surface area contributed by atoms with Crippen LogP contribution in [0, 0.1) is 0 Å². The summed E-state index contributed by atoms with van der Waals surface area (Å²) in [5.41, 5.74) is -0.447. The highest BCUT2D eigenvalue weighted by molar-refractivity contribution is 9.11. The number of ether oxygens (including phenoxy) is 1. The molecule has 0 aromatic carbocycles. The summed E-state index contributed by atoms with van der Waals surface area (Å²) >= 11 is 3.30. The molecule has 0 aliphatic heterocycles. The van der Waals surface area contributed by atoms with E-state index in [2.05, 4.69) is 21.2 Å². The van der Waals surface area contributed by atoms with Crippen molar-refractivity contribution < 1.29 is 9.53 Å². The lowest BCUT2D eigenvalue weighted by Crippen LogP contribution is -2.36. The summed E-state index contributed by atoms with van der Waals surface area (Å²) < 4.78 is 6.08. The zero-order chi connectivity index (χ0) is 11.4. The van der Waals surface area contributed by atoms with E-state index in [0.717, 1.165) is 4.48 Å². The Balaban J connectivity index is 4.02. The van der Waals surface area contributed by atoms with Crippen molar-refractivity contribution in [1.29, 1.82) is 0 Å². The van der Waals surface area contributed by atoms with Gasteiger partial charge in [-0.1, -0.05) is 22.0 Å². The SMILES string of the molecule is C/C(Br)=C/[C@H](C)NC(=O)OC(C)(C)C. The molecule has 1 N–H and O–H groups in total. The first kappa shape index (κ1) is 13.5. The summed E-state index contributed by atoms with van der Waals surface area (Å²) in [4.78, 5) is 11.3. The Hall–Kier alpha value is -0.510. The number of rotatable bonds is 2. The lowest BCUT2D eigenvalue weighted by molar-refractivity contribution is 0.0518. The molecular formula is C10H18BrNO2. The van der Waals surface area contributed by atoms with E-state index in [4.69, 9.17) is 4.74 Å². The Labute approximate surface area is 94.0 Å². The van der Waals surface area contributed by atoms with Crippen LogP contribution in [0.3, 0.4) is 0 Å². The molecule has 0 heterocycles. The number of hydrogen-bond acceptors (Lipinski definition) is 2. The van der Waals surface area contributed by atoms with Crippen LogP contribution in [0.5, 0.6) is 0 Å². The summed E-state index contributed by atoms with van der Waals surface area (Å²) in [5.74, 6) is 0. The van der Waals surface area contributed by atoms with Crippen molar-refractivity contribution in [3.05, 3.63) is 10.6 Å². The summed E-state index contributed by atoms with van der Waals surface area (Å²) in [7, 11) is 0. The van der Waals surface area contributed by atoms with E-state index in [1.165, 1.54) is 0 Å². The van der Waals surface area contributed by atoms with Gasteiger partial charge in [0.2, 0.25) is 0 Å². The molecule has 3 nitrogen and oxygen atoms in total. The third kappa shape index (κ3) is 8.10. The van der Waals surface area contributed by atoms with E-state index < -0.39 is 11.7 Å². The third-order valence-corrected chi connectivity index (χ3v) is 1.49. The average molecular weight is 264 g/mol. The lowest BCUT2D eigenvalue weighted by Gasteiger charge is -2.21. The topological polar surface area (TPSA) is 38.3 Å². The minimum absolute atomic E-state index is 0.0378. The van der Waals surface area contributed by atoms with Crippen LogP contribution in [-0.2, 0) is 4.74 Å². The molecule has 0 unspecified atom stereocenters. The van der Waals surface area contributed by atoms with Crippen LogP contribution >= 0.6 is 15.9 Å². The minimum atomic E-state index is -0.447.